The van der Waals surface area contributed by atoms with Crippen molar-refractivity contribution >= 4 is 33.5 Å². The lowest BCUT2D eigenvalue weighted by Crippen LogP contribution is -2.48. The van der Waals surface area contributed by atoms with E-state index in [2.05, 4.69) is 9.88 Å². The van der Waals surface area contributed by atoms with Crippen LogP contribution >= 0.6 is 11.6 Å². The summed E-state index contributed by atoms with van der Waals surface area (Å²) in [5.41, 5.74) is 3.98. The van der Waals surface area contributed by atoms with Gasteiger partial charge >= 0.3 is 0 Å². The van der Waals surface area contributed by atoms with Crippen molar-refractivity contribution < 1.29 is 8.42 Å². The summed E-state index contributed by atoms with van der Waals surface area (Å²) in [5.74, 6) is 1.59. The van der Waals surface area contributed by atoms with Gasteiger partial charge in [0.15, 0.2) is 0 Å². The summed E-state index contributed by atoms with van der Waals surface area (Å²) in [7, 11) is -3.49. The summed E-state index contributed by atoms with van der Waals surface area (Å²) >= 11 is 6.04. The van der Waals surface area contributed by atoms with E-state index in [1.54, 1.807) is 6.08 Å². The average molecular weight is 483 g/mol. The van der Waals surface area contributed by atoms with E-state index in [-0.39, 0.29) is 0 Å². The van der Waals surface area contributed by atoms with Gasteiger partial charge in [0, 0.05) is 54.3 Å². The number of piperazine rings is 1. The molecule has 4 rings (SSSR count). The van der Waals surface area contributed by atoms with Crippen LogP contribution in [0, 0.1) is 13.8 Å². The fourth-order valence-corrected chi connectivity index (χ4v) is 5.26. The number of anilines is 1. The summed E-state index contributed by atoms with van der Waals surface area (Å²) in [5, 5.41) is 2.00. The number of benzene rings is 2. The van der Waals surface area contributed by atoms with Gasteiger partial charge in [-0.15, -0.1) is 0 Å². The van der Waals surface area contributed by atoms with Gasteiger partial charge in [0.25, 0.3) is 0 Å². The maximum absolute atomic E-state index is 12.8. The molecule has 0 spiro atoms. The number of halogens is 1. The Labute approximate surface area is 200 Å². The van der Waals surface area contributed by atoms with E-state index in [0.29, 0.717) is 43.4 Å². The van der Waals surface area contributed by atoms with Crippen LogP contribution < -0.4 is 4.90 Å². The Bertz CT molecular complexity index is 1240. The molecule has 0 N–H and O–H groups in total. The Morgan fingerprint density at radius 1 is 0.939 bits per heavy atom. The van der Waals surface area contributed by atoms with Crippen LogP contribution in [-0.4, -0.2) is 48.9 Å². The quantitative estimate of drug-likeness (QED) is 0.519. The minimum Gasteiger partial charge on any atom is -0.354 e. The first-order chi connectivity index (χ1) is 15.8. The molecule has 0 atom stereocenters. The summed E-state index contributed by atoms with van der Waals surface area (Å²) in [6, 6.07) is 17.2. The molecule has 1 aromatic heterocycles. The molecular weight excluding hydrogens is 456 g/mol. The van der Waals surface area contributed by atoms with Gasteiger partial charge in [-0.1, -0.05) is 54.1 Å². The second-order valence-corrected chi connectivity index (χ2v) is 10.4. The molecule has 1 fully saturated rings. The van der Waals surface area contributed by atoms with Crippen molar-refractivity contribution in [2.45, 2.75) is 20.3 Å². The van der Waals surface area contributed by atoms with Crippen LogP contribution in [0.25, 0.3) is 6.08 Å². The van der Waals surface area contributed by atoms with Crippen molar-refractivity contribution in [3.05, 3.63) is 93.2 Å². The monoisotopic (exact) mass is 482 g/mol. The van der Waals surface area contributed by atoms with E-state index in [9.17, 15) is 8.42 Å². The third-order valence-corrected chi connectivity index (χ3v) is 7.55. The molecule has 172 valence electrons. The molecule has 0 saturated carbocycles. The normalized spacial score (nSPS) is 15.3. The summed E-state index contributed by atoms with van der Waals surface area (Å²) in [4.78, 5) is 11.5. The van der Waals surface area contributed by atoms with Crippen molar-refractivity contribution in [1.29, 1.82) is 0 Å². The van der Waals surface area contributed by atoms with Gasteiger partial charge < -0.3 is 4.90 Å². The zero-order chi connectivity index (χ0) is 23.4. The fraction of sp³-hybridized carbons (Fsp3) is 0.280. The zero-order valence-corrected chi connectivity index (χ0v) is 20.4. The second kappa shape index (κ2) is 10.0. The Morgan fingerprint density at radius 2 is 1.61 bits per heavy atom. The molecule has 2 aromatic carbocycles. The third-order valence-electron chi connectivity index (χ3n) is 5.73. The van der Waals surface area contributed by atoms with Crippen molar-refractivity contribution in [2.24, 2.45) is 0 Å². The van der Waals surface area contributed by atoms with E-state index in [4.69, 9.17) is 16.6 Å². The third kappa shape index (κ3) is 5.79. The topological polar surface area (TPSA) is 66.4 Å². The standard InChI is InChI=1S/C25H27ClN4O2S/c1-19-24(18-22-8-10-23(26)11-9-22)25(28-20(2)27-19)29-13-15-30(16-14-29)33(31,32)17-12-21-6-4-3-5-7-21/h3-12,17H,13-16,18H2,1-2H3/b17-12+. The van der Waals surface area contributed by atoms with Crippen LogP contribution in [0.1, 0.15) is 28.2 Å². The van der Waals surface area contributed by atoms with Crippen LogP contribution in [-0.2, 0) is 16.4 Å². The molecule has 3 aromatic rings. The minimum absolute atomic E-state index is 0.407. The van der Waals surface area contributed by atoms with Crippen molar-refractivity contribution in [3.8, 4) is 0 Å². The molecule has 0 bridgehead atoms. The highest BCUT2D eigenvalue weighted by Gasteiger charge is 2.27. The molecule has 1 saturated heterocycles. The summed E-state index contributed by atoms with van der Waals surface area (Å²) in [6.07, 6.45) is 2.33. The van der Waals surface area contributed by atoms with E-state index >= 15 is 0 Å². The van der Waals surface area contributed by atoms with Crippen LogP contribution in [0.15, 0.2) is 60.0 Å². The van der Waals surface area contributed by atoms with Crippen LogP contribution in [0.2, 0.25) is 5.02 Å². The molecular formula is C25H27ClN4O2S. The average Bonchev–Trinajstić information content (AvgIpc) is 2.81. The van der Waals surface area contributed by atoms with E-state index in [1.165, 1.54) is 9.71 Å². The highest BCUT2D eigenvalue weighted by molar-refractivity contribution is 7.92. The Balaban J connectivity index is 1.50. The molecule has 6 nitrogen and oxygen atoms in total. The van der Waals surface area contributed by atoms with Gasteiger partial charge in [0.05, 0.1) is 0 Å². The lowest BCUT2D eigenvalue weighted by Gasteiger charge is -2.35. The Hall–Kier alpha value is -2.74. The first-order valence-corrected chi connectivity index (χ1v) is 12.8. The highest BCUT2D eigenvalue weighted by Crippen LogP contribution is 2.26. The van der Waals surface area contributed by atoms with Gasteiger partial charge in [-0.2, -0.15) is 4.31 Å². The molecule has 2 heterocycles. The van der Waals surface area contributed by atoms with E-state index < -0.39 is 10.0 Å². The van der Waals surface area contributed by atoms with Gasteiger partial charge in [-0.05, 0) is 43.2 Å². The number of sulfonamides is 1. The van der Waals surface area contributed by atoms with Gasteiger partial charge in [0.2, 0.25) is 10.0 Å². The number of hydrogen-bond donors (Lipinski definition) is 0. The highest BCUT2D eigenvalue weighted by atomic mass is 35.5. The number of rotatable bonds is 6. The van der Waals surface area contributed by atoms with Gasteiger partial charge in [-0.3, -0.25) is 0 Å². The zero-order valence-electron chi connectivity index (χ0n) is 18.8. The molecule has 1 aliphatic heterocycles. The first kappa shape index (κ1) is 23.4. The van der Waals surface area contributed by atoms with Crippen molar-refractivity contribution in [3.63, 3.8) is 0 Å². The molecule has 0 unspecified atom stereocenters. The predicted molar refractivity (Wildman–Crippen MR) is 134 cm³/mol. The lowest BCUT2D eigenvalue weighted by atomic mass is 10.0. The first-order valence-electron chi connectivity index (χ1n) is 10.9. The number of nitrogens with zero attached hydrogens (tertiary/aromatic N) is 4. The van der Waals surface area contributed by atoms with Crippen molar-refractivity contribution in [2.75, 3.05) is 31.1 Å². The van der Waals surface area contributed by atoms with E-state index in [1.807, 2.05) is 68.4 Å². The maximum atomic E-state index is 12.8. The van der Waals surface area contributed by atoms with Gasteiger partial charge in [0.1, 0.15) is 11.6 Å². The number of aromatic nitrogens is 2. The largest absolute Gasteiger partial charge is 0.354 e. The smallest absolute Gasteiger partial charge is 0.236 e. The van der Waals surface area contributed by atoms with Gasteiger partial charge in [-0.25, -0.2) is 18.4 Å². The van der Waals surface area contributed by atoms with Crippen LogP contribution in [0.3, 0.4) is 0 Å². The Morgan fingerprint density at radius 3 is 2.27 bits per heavy atom. The molecule has 0 aliphatic carbocycles. The second-order valence-electron chi connectivity index (χ2n) is 8.11. The minimum atomic E-state index is -3.49. The summed E-state index contributed by atoms with van der Waals surface area (Å²) < 4.78 is 27.2. The lowest BCUT2D eigenvalue weighted by molar-refractivity contribution is 0.388. The molecule has 8 heteroatoms. The molecule has 0 amide bonds. The Kier molecular flexibility index (Phi) is 7.12. The summed E-state index contributed by atoms with van der Waals surface area (Å²) in [6.45, 7) is 5.84. The van der Waals surface area contributed by atoms with Crippen LogP contribution in [0.5, 0.6) is 0 Å². The van der Waals surface area contributed by atoms with Crippen molar-refractivity contribution in [1.82, 2.24) is 14.3 Å². The predicted octanol–water partition coefficient (Wildman–Crippen LogP) is 4.46. The molecule has 0 radical (unpaired) electrons. The maximum Gasteiger partial charge on any atom is 0.236 e. The fourth-order valence-electron chi connectivity index (χ4n) is 3.96. The molecule has 33 heavy (non-hydrogen) atoms. The number of hydrogen-bond acceptors (Lipinski definition) is 5. The van der Waals surface area contributed by atoms with Crippen LogP contribution in [0.4, 0.5) is 5.82 Å². The van der Waals surface area contributed by atoms with E-state index in [0.717, 1.165) is 28.2 Å². The number of aryl methyl sites for hydroxylation is 2. The molecule has 1 aliphatic rings. The SMILES string of the molecule is Cc1nc(C)c(Cc2ccc(Cl)cc2)c(N2CCN(S(=O)(=O)/C=C/c3ccccc3)CC2)n1.